The van der Waals surface area contributed by atoms with E-state index in [0.717, 1.165) is 18.4 Å². The third kappa shape index (κ3) is 3.07. The Bertz CT molecular complexity index is 444. The van der Waals surface area contributed by atoms with Gasteiger partial charge < -0.3 is 19.3 Å². The number of hydrogen-bond acceptors (Lipinski definition) is 3. The molecule has 6 nitrogen and oxygen atoms in total. The average molecular weight is 266 g/mol. The van der Waals surface area contributed by atoms with Crippen LogP contribution in [0.5, 0.6) is 0 Å². The fourth-order valence-electron chi connectivity index (χ4n) is 2.36. The molecule has 2 rings (SSSR count). The molecule has 1 aliphatic rings. The van der Waals surface area contributed by atoms with E-state index in [2.05, 4.69) is 0 Å². The summed E-state index contributed by atoms with van der Waals surface area (Å²) in [4.78, 5) is 26.4. The van der Waals surface area contributed by atoms with Crippen LogP contribution in [0.15, 0.2) is 23.0 Å². The Morgan fingerprint density at radius 2 is 2.32 bits per heavy atom. The fourth-order valence-corrected chi connectivity index (χ4v) is 2.36. The number of likely N-dealkylation sites (tertiary alicyclic amines) is 1. The van der Waals surface area contributed by atoms with Crippen molar-refractivity contribution in [1.82, 2.24) is 9.80 Å². The molecule has 19 heavy (non-hydrogen) atoms. The van der Waals surface area contributed by atoms with Gasteiger partial charge in [-0.3, -0.25) is 0 Å². The Balaban J connectivity index is 2.02. The van der Waals surface area contributed by atoms with Crippen molar-refractivity contribution in [2.24, 2.45) is 0 Å². The van der Waals surface area contributed by atoms with Crippen LogP contribution in [0.2, 0.25) is 0 Å². The predicted octanol–water partition coefficient (Wildman–Crippen LogP) is 1.77. The normalized spacial score (nSPS) is 19.2. The van der Waals surface area contributed by atoms with Crippen LogP contribution in [-0.2, 0) is 11.3 Å². The van der Waals surface area contributed by atoms with Gasteiger partial charge in [-0.25, -0.2) is 9.59 Å². The molecule has 0 saturated carbocycles. The van der Waals surface area contributed by atoms with Crippen LogP contribution in [0.25, 0.3) is 0 Å². The molecule has 1 atom stereocenters. The van der Waals surface area contributed by atoms with Gasteiger partial charge in [-0.05, 0) is 25.3 Å². The first-order valence-corrected chi connectivity index (χ1v) is 6.35. The van der Waals surface area contributed by atoms with E-state index in [-0.39, 0.29) is 6.03 Å². The molecule has 0 aliphatic carbocycles. The van der Waals surface area contributed by atoms with E-state index in [0.29, 0.717) is 19.5 Å². The van der Waals surface area contributed by atoms with Crippen LogP contribution < -0.4 is 0 Å². The Morgan fingerprint density at radius 1 is 1.53 bits per heavy atom. The number of furan rings is 1. The van der Waals surface area contributed by atoms with E-state index in [1.807, 2.05) is 0 Å². The summed E-state index contributed by atoms with van der Waals surface area (Å²) in [6.07, 6.45) is 5.37. The lowest BCUT2D eigenvalue weighted by molar-refractivity contribution is -0.143. The van der Waals surface area contributed by atoms with Crippen molar-refractivity contribution in [3.63, 3.8) is 0 Å². The summed E-state index contributed by atoms with van der Waals surface area (Å²) in [5.74, 6) is -0.926. The van der Waals surface area contributed by atoms with E-state index < -0.39 is 12.0 Å². The smallest absolute Gasteiger partial charge is 0.326 e. The highest BCUT2D eigenvalue weighted by molar-refractivity contribution is 5.82. The summed E-state index contributed by atoms with van der Waals surface area (Å²) in [5, 5.41) is 9.17. The second-order valence-electron chi connectivity index (χ2n) is 4.81. The zero-order valence-electron chi connectivity index (χ0n) is 10.9. The Hall–Kier alpha value is -1.98. The molecule has 1 aromatic rings. The number of aliphatic carboxylic acids is 1. The maximum Gasteiger partial charge on any atom is 0.326 e. The van der Waals surface area contributed by atoms with Crippen LogP contribution in [0.1, 0.15) is 24.8 Å². The molecule has 0 spiro atoms. The highest BCUT2D eigenvalue weighted by Gasteiger charge is 2.33. The lowest BCUT2D eigenvalue weighted by Crippen LogP contribution is -2.52. The molecule has 0 radical (unpaired) electrons. The molecule has 2 heterocycles. The number of carboxylic acids is 1. The van der Waals surface area contributed by atoms with Crippen LogP contribution in [0, 0.1) is 0 Å². The summed E-state index contributed by atoms with van der Waals surface area (Å²) in [7, 11) is 1.67. The first-order chi connectivity index (χ1) is 9.09. The minimum absolute atomic E-state index is 0.242. The van der Waals surface area contributed by atoms with Crippen LogP contribution in [0.3, 0.4) is 0 Å². The number of carboxylic acid groups (broad SMARTS) is 1. The van der Waals surface area contributed by atoms with Gasteiger partial charge in [0.15, 0.2) is 0 Å². The van der Waals surface area contributed by atoms with E-state index >= 15 is 0 Å². The van der Waals surface area contributed by atoms with Crippen molar-refractivity contribution in [2.45, 2.75) is 31.8 Å². The number of carbonyl (C=O) groups is 2. The van der Waals surface area contributed by atoms with Gasteiger partial charge in [0.2, 0.25) is 0 Å². The summed E-state index contributed by atoms with van der Waals surface area (Å²) in [6.45, 7) is 0.920. The van der Waals surface area contributed by atoms with Crippen molar-refractivity contribution >= 4 is 12.0 Å². The molecular weight excluding hydrogens is 248 g/mol. The minimum Gasteiger partial charge on any atom is -0.480 e. The quantitative estimate of drug-likeness (QED) is 0.904. The van der Waals surface area contributed by atoms with Crippen LogP contribution in [0.4, 0.5) is 4.79 Å². The first-order valence-electron chi connectivity index (χ1n) is 6.35. The van der Waals surface area contributed by atoms with Crippen LogP contribution in [-0.4, -0.2) is 46.5 Å². The second-order valence-corrected chi connectivity index (χ2v) is 4.81. The molecule has 2 amide bonds. The third-order valence-corrected chi connectivity index (χ3v) is 3.36. The number of hydrogen-bond donors (Lipinski definition) is 1. The molecule has 1 fully saturated rings. The van der Waals surface area contributed by atoms with Crippen molar-refractivity contribution in [3.8, 4) is 0 Å². The molecule has 1 N–H and O–H groups in total. The van der Waals surface area contributed by atoms with E-state index in [1.54, 1.807) is 25.6 Å². The second kappa shape index (κ2) is 5.77. The largest absolute Gasteiger partial charge is 0.480 e. The highest BCUT2D eigenvalue weighted by Crippen LogP contribution is 2.19. The number of rotatable bonds is 3. The van der Waals surface area contributed by atoms with Crippen molar-refractivity contribution in [2.75, 3.05) is 13.6 Å². The van der Waals surface area contributed by atoms with E-state index in [9.17, 15) is 9.59 Å². The summed E-state index contributed by atoms with van der Waals surface area (Å²) in [6, 6.07) is 0.843. The molecule has 0 bridgehead atoms. The zero-order chi connectivity index (χ0) is 13.8. The molecule has 104 valence electrons. The Kier molecular flexibility index (Phi) is 4.09. The SMILES string of the molecule is CN(Cc1ccoc1)C(=O)N1CCCCC1C(=O)O. The van der Waals surface area contributed by atoms with E-state index in [4.69, 9.17) is 9.52 Å². The number of piperidine rings is 1. The maximum absolute atomic E-state index is 12.3. The van der Waals surface area contributed by atoms with Crippen molar-refractivity contribution in [1.29, 1.82) is 0 Å². The van der Waals surface area contributed by atoms with Crippen molar-refractivity contribution in [3.05, 3.63) is 24.2 Å². The summed E-state index contributed by atoms with van der Waals surface area (Å²) in [5.41, 5.74) is 0.889. The monoisotopic (exact) mass is 266 g/mol. The Morgan fingerprint density at radius 3 is 2.95 bits per heavy atom. The predicted molar refractivity (Wildman–Crippen MR) is 67.6 cm³/mol. The topological polar surface area (TPSA) is 74.0 Å². The minimum atomic E-state index is -0.926. The van der Waals surface area contributed by atoms with Gasteiger partial charge >= 0.3 is 12.0 Å². The highest BCUT2D eigenvalue weighted by atomic mass is 16.4. The number of amides is 2. The fraction of sp³-hybridized carbons (Fsp3) is 0.538. The molecule has 1 aromatic heterocycles. The Labute approximate surface area is 111 Å². The lowest BCUT2D eigenvalue weighted by atomic mass is 10.0. The van der Waals surface area contributed by atoms with Crippen LogP contribution >= 0.6 is 0 Å². The standard InChI is InChI=1S/C13H18N2O4/c1-14(8-10-5-7-19-9-10)13(18)15-6-3-2-4-11(15)12(16)17/h5,7,9,11H,2-4,6,8H2,1H3,(H,16,17). The van der Waals surface area contributed by atoms with Gasteiger partial charge in [0.25, 0.3) is 0 Å². The molecule has 0 aromatic carbocycles. The van der Waals surface area contributed by atoms with Gasteiger partial charge in [-0.2, -0.15) is 0 Å². The number of urea groups is 1. The summed E-state index contributed by atoms with van der Waals surface area (Å²) < 4.78 is 4.95. The maximum atomic E-state index is 12.3. The molecule has 1 saturated heterocycles. The number of nitrogens with zero attached hydrogens (tertiary/aromatic N) is 2. The van der Waals surface area contributed by atoms with Gasteiger partial charge in [-0.1, -0.05) is 0 Å². The molecule has 1 aliphatic heterocycles. The molecule has 6 heteroatoms. The van der Waals surface area contributed by atoms with Gasteiger partial charge in [0, 0.05) is 19.2 Å². The van der Waals surface area contributed by atoms with Gasteiger partial charge in [0.05, 0.1) is 19.1 Å². The molecule has 1 unspecified atom stereocenters. The van der Waals surface area contributed by atoms with E-state index in [1.165, 1.54) is 9.80 Å². The third-order valence-electron chi connectivity index (χ3n) is 3.36. The zero-order valence-corrected chi connectivity index (χ0v) is 10.9. The lowest BCUT2D eigenvalue weighted by Gasteiger charge is -2.35. The van der Waals surface area contributed by atoms with Gasteiger partial charge in [-0.15, -0.1) is 0 Å². The van der Waals surface area contributed by atoms with Crippen molar-refractivity contribution < 1.29 is 19.1 Å². The average Bonchev–Trinajstić information content (AvgIpc) is 2.90. The molecular formula is C13H18N2O4. The number of carbonyl (C=O) groups excluding carboxylic acids is 1. The first kappa shape index (κ1) is 13.5. The van der Waals surface area contributed by atoms with Gasteiger partial charge in [0.1, 0.15) is 6.04 Å². The summed E-state index contributed by atoms with van der Waals surface area (Å²) >= 11 is 0.